The van der Waals surface area contributed by atoms with E-state index >= 15 is 0 Å². The number of ether oxygens (including phenoxy) is 2. The molecular weight excluding hydrogens is 488 g/mol. The molecule has 2 fully saturated rings. The van der Waals surface area contributed by atoms with Gasteiger partial charge in [-0.15, -0.1) is 13.2 Å². The van der Waals surface area contributed by atoms with Crippen molar-refractivity contribution < 1.29 is 40.9 Å². The Morgan fingerprint density at radius 3 is 2.28 bits per heavy atom. The third-order valence-corrected chi connectivity index (χ3v) is 7.23. The molecule has 198 valence electrons. The van der Waals surface area contributed by atoms with Crippen LogP contribution in [-0.4, -0.2) is 48.7 Å². The zero-order valence-electron chi connectivity index (χ0n) is 19.6. The van der Waals surface area contributed by atoms with Crippen LogP contribution in [0.1, 0.15) is 43.2 Å². The van der Waals surface area contributed by atoms with Crippen molar-refractivity contribution in [2.75, 3.05) is 26.2 Å². The first kappa shape index (κ1) is 26.6. The molecule has 2 atom stereocenters. The Labute approximate surface area is 205 Å². The molecule has 4 rings (SSSR count). The maximum absolute atomic E-state index is 13.0. The summed E-state index contributed by atoms with van der Waals surface area (Å²) in [7, 11) is 0. The second-order valence-electron chi connectivity index (χ2n) is 9.67. The second kappa shape index (κ2) is 10.5. The van der Waals surface area contributed by atoms with E-state index in [0.29, 0.717) is 43.9 Å². The topological polar surface area (TPSA) is 41.9 Å². The second-order valence-corrected chi connectivity index (χ2v) is 9.67. The molecule has 10 heteroatoms. The number of piperidine rings is 1. The molecule has 1 aliphatic carbocycles. The van der Waals surface area contributed by atoms with Gasteiger partial charge in [-0.1, -0.05) is 24.6 Å². The summed E-state index contributed by atoms with van der Waals surface area (Å²) in [5, 5.41) is 11.2. The van der Waals surface area contributed by atoms with Crippen molar-refractivity contribution in [2.45, 2.75) is 56.2 Å². The van der Waals surface area contributed by atoms with Crippen LogP contribution in [0.3, 0.4) is 0 Å². The van der Waals surface area contributed by atoms with Crippen LogP contribution in [0.5, 0.6) is 11.5 Å². The van der Waals surface area contributed by atoms with Gasteiger partial charge in [0.05, 0.1) is 18.3 Å². The molecule has 1 saturated heterocycles. The molecule has 1 unspecified atom stereocenters. The average Bonchev–Trinajstić information content (AvgIpc) is 2.77. The summed E-state index contributed by atoms with van der Waals surface area (Å²) in [4.78, 5) is 2.09. The minimum Gasteiger partial charge on any atom is -0.493 e. The zero-order valence-corrected chi connectivity index (χ0v) is 19.6. The number of benzene rings is 2. The van der Waals surface area contributed by atoms with Crippen LogP contribution >= 0.6 is 0 Å². The number of halogens is 6. The maximum Gasteiger partial charge on any atom is 0.573 e. The van der Waals surface area contributed by atoms with E-state index in [0.717, 1.165) is 37.9 Å². The number of likely N-dealkylation sites (tertiary alicyclic amines) is 1. The molecule has 1 saturated carbocycles. The highest BCUT2D eigenvalue weighted by molar-refractivity contribution is 5.42. The van der Waals surface area contributed by atoms with Crippen LogP contribution in [-0.2, 0) is 11.6 Å². The first-order valence-electron chi connectivity index (χ1n) is 12.0. The Hall–Kier alpha value is -2.46. The Morgan fingerprint density at radius 2 is 1.67 bits per heavy atom. The highest BCUT2D eigenvalue weighted by Gasteiger charge is 2.48. The van der Waals surface area contributed by atoms with Gasteiger partial charge in [-0.25, -0.2) is 0 Å². The fourth-order valence-corrected chi connectivity index (χ4v) is 5.26. The molecule has 4 nitrogen and oxygen atoms in total. The van der Waals surface area contributed by atoms with E-state index in [9.17, 15) is 31.4 Å². The van der Waals surface area contributed by atoms with Crippen LogP contribution in [0.15, 0.2) is 48.5 Å². The van der Waals surface area contributed by atoms with Crippen molar-refractivity contribution in [2.24, 2.45) is 5.92 Å². The number of hydrogen-bond donors (Lipinski definition) is 1. The normalized spacial score (nSPS) is 21.5. The molecule has 0 bridgehead atoms. The van der Waals surface area contributed by atoms with Crippen molar-refractivity contribution in [1.29, 1.82) is 0 Å². The molecule has 0 spiro atoms. The van der Waals surface area contributed by atoms with Crippen molar-refractivity contribution in [3.8, 4) is 11.5 Å². The van der Waals surface area contributed by atoms with Crippen molar-refractivity contribution in [1.82, 2.24) is 4.90 Å². The minimum atomic E-state index is -4.82. The molecular formula is C26H29F6NO3. The van der Waals surface area contributed by atoms with Crippen LogP contribution < -0.4 is 9.47 Å². The van der Waals surface area contributed by atoms with Gasteiger partial charge in [0.25, 0.3) is 0 Å². The van der Waals surface area contributed by atoms with Crippen molar-refractivity contribution >= 4 is 0 Å². The maximum atomic E-state index is 13.0. The van der Waals surface area contributed by atoms with Gasteiger partial charge in [-0.3, -0.25) is 0 Å². The monoisotopic (exact) mass is 517 g/mol. The van der Waals surface area contributed by atoms with Gasteiger partial charge in [0, 0.05) is 30.0 Å². The highest BCUT2D eigenvalue weighted by Crippen LogP contribution is 2.50. The summed E-state index contributed by atoms with van der Waals surface area (Å²) in [6.45, 7) is 1.99. The predicted molar refractivity (Wildman–Crippen MR) is 121 cm³/mol. The number of alkyl halides is 6. The number of para-hydroxylation sites is 1. The average molecular weight is 518 g/mol. The van der Waals surface area contributed by atoms with E-state index in [1.165, 1.54) is 24.3 Å². The molecule has 2 aromatic rings. The lowest BCUT2D eigenvalue weighted by molar-refractivity contribution is -0.275. The Kier molecular flexibility index (Phi) is 7.75. The van der Waals surface area contributed by atoms with Gasteiger partial charge < -0.3 is 19.5 Å². The van der Waals surface area contributed by atoms with Crippen LogP contribution in [0, 0.1) is 5.92 Å². The minimum absolute atomic E-state index is 0.117. The smallest absolute Gasteiger partial charge is 0.493 e. The number of aliphatic hydroxyl groups excluding tert-OH is 1. The van der Waals surface area contributed by atoms with E-state index < -0.39 is 29.6 Å². The summed E-state index contributed by atoms with van der Waals surface area (Å²) in [6, 6.07) is 10.6. The van der Waals surface area contributed by atoms with Gasteiger partial charge in [0.2, 0.25) is 0 Å². The van der Waals surface area contributed by atoms with Crippen molar-refractivity contribution in [3.63, 3.8) is 0 Å². The van der Waals surface area contributed by atoms with E-state index in [1.54, 1.807) is 12.1 Å². The lowest BCUT2D eigenvalue weighted by Gasteiger charge is -2.48. The number of hydrogen-bond acceptors (Lipinski definition) is 4. The molecule has 1 heterocycles. The van der Waals surface area contributed by atoms with Crippen LogP contribution in [0.4, 0.5) is 26.3 Å². The summed E-state index contributed by atoms with van der Waals surface area (Å²) in [6.07, 6.45) is -6.42. The van der Waals surface area contributed by atoms with Gasteiger partial charge in [0.15, 0.2) is 0 Å². The lowest BCUT2D eigenvalue weighted by atomic mass is 9.60. The van der Waals surface area contributed by atoms with E-state index in [-0.39, 0.29) is 11.7 Å². The number of nitrogens with zero attached hydrogens (tertiary/aromatic N) is 1. The third kappa shape index (κ3) is 6.26. The van der Waals surface area contributed by atoms with E-state index in [1.807, 2.05) is 0 Å². The fraction of sp³-hybridized carbons (Fsp3) is 0.538. The lowest BCUT2D eigenvalue weighted by Crippen LogP contribution is -2.52. The molecule has 1 N–H and O–H groups in total. The summed E-state index contributed by atoms with van der Waals surface area (Å²) in [5.74, 6) is 0.200. The largest absolute Gasteiger partial charge is 0.573 e. The van der Waals surface area contributed by atoms with Gasteiger partial charge in [-0.2, -0.15) is 13.2 Å². The molecule has 0 radical (unpaired) electrons. The van der Waals surface area contributed by atoms with Gasteiger partial charge >= 0.3 is 12.5 Å². The molecule has 0 amide bonds. The first-order valence-corrected chi connectivity index (χ1v) is 12.0. The Balaban J connectivity index is 1.37. The number of aliphatic hydroxyl groups is 1. The first-order chi connectivity index (χ1) is 17.0. The molecule has 2 aliphatic rings. The Bertz CT molecular complexity index is 1000. The van der Waals surface area contributed by atoms with Crippen LogP contribution in [0.2, 0.25) is 0 Å². The van der Waals surface area contributed by atoms with E-state index in [4.69, 9.17) is 4.74 Å². The number of β-amino-alcohol motifs (C(OH)–C–C–N with tert-alkyl or cyclic N) is 1. The molecule has 0 aromatic heterocycles. The summed E-state index contributed by atoms with van der Waals surface area (Å²) < 4.78 is 87.1. The van der Waals surface area contributed by atoms with Crippen molar-refractivity contribution in [3.05, 3.63) is 59.7 Å². The molecule has 2 aromatic carbocycles. The molecule has 36 heavy (non-hydrogen) atoms. The SMILES string of the molecule is O[C@H](CN1CCCC(COc2ccc(C(F)(F)F)cc2)C1)C1(c2ccccc2OC(F)(F)F)CCC1. The standard InChI is InChI=1S/C26H29F6NO3/c27-25(28,29)19-8-10-20(11-9-19)35-17-18-5-3-14-33(15-18)16-23(34)24(12-4-13-24)21-6-1-2-7-22(21)36-26(30,31)32/h1-2,6-11,18,23,34H,3-5,12-17H2/t18?,23-/m1/s1. The quantitative estimate of drug-likeness (QED) is 0.425. The molecule has 1 aliphatic heterocycles. The number of rotatable bonds is 8. The zero-order chi connectivity index (χ0) is 26.0. The Morgan fingerprint density at radius 1 is 0.972 bits per heavy atom. The third-order valence-electron chi connectivity index (χ3n) is 7.23. The van der Waals surface area contributed by atoms with Gasteiger partial charge in [0.1, 0.15) is 11.5 Å². The van der Waals surface area contributed by atoms with E-state index in [2.05, 4.69) is 9.64 Å². The van der Waals surface area contributed by atoms with Gasteiger partial charge in [-0.05, 0) is 62.6 Å². The van der Waals surface area contributed by atoms with Crippen LogP contribution in [0.25, 0.3) is 0 Å². The summed E-state index contributed by atoms with van der Waals surface area (Å²) in [5.41, 5.74) is -1.16. The predicted octanol–water partition coefficient (Wildman–Crippen LogP) is 6.18. The fourth-order valence-electron chi connectivity index (χ4n) is 5.26. The highest BCUT2D eigenvalue weighted by atomic mass is 19.4. The summed E-state index contributed by atoms with van der Waals surface area (Å²) >= 11 is 0.